The molecule has 1 saturated heterocycles. The molecule has 1 aliphatic heterocycles. The molecule has 5 heteroatoms. The molecule has 0 radical (unpaired) electrons. The fraction of sp³-hybridized carbons (Fsp3) is 0.300. The second-order valence-corrected chi connectivity index (χ2v) is 5.95. The number of cyclic esters (lactones) is 1. The predicted molar refractivity (Wildman–Crippen MR) is 93.3 cm³/mol. The fourth-order valence-corrected chi connectivity index (χ4v) is 2.85. The van der Waals surface area contributed by atoms with E-state index in [9.17, 15) is 9.59 Å². The first-order valence-corrected chi connectivity index (χ1v) is 8.44. The van der Waals surface area contributed by atoms with Gasteiger partial charge in [0, 0.05) is 6.42 Å². The Morgan fingerprint density at radius 2 is 1.76 bits per heavy atom. The van der Waals surface area contributed by atoms with Crippen molar-refractivity contribution in [3.8, 4) is 5.75 Å². The van der Waals surface area contributed by atoms with E-state index in [2.05, 4.69) is 0 Å². The Labute approximate surface area is 147 Å². The van der Waals surface area contributed by atoms with Gasteiger partial charge in [-0.1, -0.05) is 48.5 Å². The Hall–Kier alpha value is -2.82. The summed E-state index contributed by atoms with van der Waals surface area (Å²) in [4.78, 5) is 25.6. The number of nitrogens with zero attached hydrogens (tertiary/aromatic N) is 1. The van der Waals surface area contributed by atoms with Crippen molar-refractivity contribution in [3.05, 3.63) is 66.2 Å². The van der Waals surface area contributed by atoms with Gasteiger partial charge >= 0.3 is 6.09 Å². The number of amides is 2. The van der Waals surface area contributed by atoms with Crippen LogP contribution in [0.4, 0.5) is 4.79 Å². The molecule has 0 spiro atoms. The van der Waals surface area contributed by atoms with Crippen LogP contribution in [0, 0.1) is 0 Å². The van der Waals surface area contributed by atoms with Gasteiger partial charge in [0.25, 0.3) is 0 Å². The maximum atomic E-state index is 12.4. The lowest BCUT2D eigenvalue weighted by molar-refractivity contribution is -0.129. The van der Waals surface area contributed by atoms with Crippen LogP contribution >= 0.6 is 0 Å². The standard InChI is InChI=1S/C20H21NO4/c22-19(12-7-13-24-18-10-5-2-6-11-18)21-17(15-25-20(21)23)14-16-8-3-1-4-9-16/h1-6,8-11,17H,7,12-15H2/t17-/m0/s1. The highest BCUT2D eigenvalue weighted by Gasteiger charge is 2.37. The maximum absolute atomic E-state index is 12.4. The number of hydrogen-bond acceptors (Lipinski definition) is 4. The molecular formula is C20H21NO4. The maximum Gasteiger partial charge on any atom is 0.416 e. The molecule has 25 heavy (non-hydrogen) atoms. The first-order valence-electron chi connectivity index (χ1n) is 8.44. The summed E-state index contributed by atoms with van der Waals surface area (Å²) in [5, 5.41) is 0. The van der Waals surface area contributed by atoms with Crippen LogP contribution in [0.1, 0.15) is 18.4 Å². The van der Waals surface area contributed by atoms with E-state index in [0.29, 0.717) is 19.4 Å². The van der Waals surface area contributed by atoms with Crippen molar-refractivity contribution < 1.29 is 19.1 Å². The van der Waals surface area contributed by atoms with Crippen molar-refractivity contribution >= 4 is 12.0 Å². The molecule has 5 nitrogen and oxygen atoms in total. The first-order chi connectivity index (χ1) is 12.2. The van der Waals surface area contributed by atoms with E-state index in [4.69, 9.17) is 9.47 Å². The van der Waals surface area contributed by atoms with Crippen LogP contribution in [0.25, 0.3) is 0 Å². The van der Waals surface area contributed by atoms with Gasteiger partial charge in [-0.25, -0.2) is 9.69 Å². The SMILES string of the molecule is O=C(CCCOc1ccccc1)N1C(=O)OC[C@@H]1Cc1ccccc1. The highest BCUT2D eigenvalue weighted by molar-refractivity contribution is 5.93. The number of carbonyl (C=O) groups is 2. The van der Waals surface area contributed by atoms with Gasteiger partial charge in [-0.05, 0) is 30.5 Å². The molecule has 1 fully saturated rings. The third-order valence-corrected chi connectivity index (χ3v) is 4.09. The molecule has 3 rings (SSSR count). The molecule has 2 amide bonds. The average Bonchev–Trinajstić information content (AvgIpc) is 3.00. The summed E-state index contributed by atoms with van der Waals surface area (Å²) in [7, 11) is 0. The van der Waals surface area contributed by atoms with Crippen LogP contribution in [0.5, 0.6) is 5.75 Å². The van der Waals surface area contributed by atoms with Gasteiger partial charge in [-0.3, -0.25) is 4.79 Å². The molecule has 1 heterocycles. The molecule has 0 unspecified atom stereocenters. The predicted octanol–water partition coefficient (Wildman–Crippen LogP) is 3.44. The second kappa shape index (κ2) is 8.33. The van der Waals surface area contributed by atoms with E-state index < -0.39 is 6.09 Å². The van der Waals surface area contributed by atoms with Crippen LogP contribution < -0.4 is 4.74 Å². The van der Waals surface area contributed by atoms with E-state index in [-0.39, 0.29) is 25.0 Å². The number of benzene rings is 2. The van der Waals surface area contributed by atoms with Gasteiger partial charge < -0.3 is 9.47 Å². The summed E-state index contributed by atoms with van der Waals surface area (Å²) < 4.78 is 10.7. The lowest BCUT2D eigenvalue weighted by Crippen LogP contribution is -2.40. The third-order valence-electron chi connectivity index (χ3n) is 4.09. The Balaban J connectivity index is 1.49. The topological polar surface area (TPSA) is 55.8 Å². The van der Waals surface area contributed by atoms with Crippen LogP contribution in [0.15, 0.2) is 60.7 Å². The van der Waals surface area contributed by atoms with E-state index in [1.807, 2.05) is 60.7 Å². The monoisotopic (exact) mass is 339 g/mol. The molecular weight excluding hydrogens is 318 g/mol. The summed E-state index contributed by atoms with van der Waals surface area (Å²) in [5.74, 6) is 0.567. The molecule has 130 valence electrons. The van der Waals surface area contributed by atoms with Crippen molar-refractivity contribution in [1.82, 2.24) is 4.90 Å². The molecule has 0 aromatic heterocycles. The molecule has 2 aromatic carbocycles. The van der Waals surface area contributed by atoms with Crippen LogP contribution in [-0.4, -0.2) is 36.2 Å². The molecule has 0 saturated carbocycles. The van der Waals surface area contributed by atoms with Crippen molar-refractivity contribution in [2.75, 3.05) is 13.2 Å². The number of para-hydroxylation sites is 1. The van der Waals surface area contributed by atoms with Crippen LogP contribution in [0.2, 0.25) is 0 Å². The van der Waals surface area contributed by atoms with Gasteiger partial charge in [0.2, 0.25) is 5.91 Å². The van der Waals surface area contributed by atoms with E-state index in [1.165, 1.54) is 4.90 Å². The van der Waals surface area contributed by atoms with Gasteiger partial charge in [0.1, 0.15) is 12.4 Å². The zero-order chi connectivity index (χ0) is 17.5. The summed E-state index contributed by atoms with van der Waals surface area (Å²) in [5.41, 5.74) is 1.08. The minimum atomic E-state index is -0.546. The van der Waals surface area contributed by atoms with Crippen LogP contribution in [-0.2, 0) is 16.0 Å². The molecule has 1 aliphatic rings. The Morgan fingerprint density at radius 3 is 2.48 bits per heavy atom. The number of imide groups is 1. The van der Waals surface area contributed by atoms with Gasteiger partial charge in [0.15, 0.2) is 0 Å². The second-order valence-electron chi connectivity index (χ2n) is 5.95. The average molecular weight is 339 g/mol. The minimum Gasteiger partial charge on any atom is -0.494 e. The number of rotatable bonds is 7. The van der Waals surface area contributed by atoms with Gasteiger partial charge in [0.05, 0.1) is 12.6 Å². The van der Waals surface area contributed by atoms with Crippen molar-refractivity contribution in [2.24, 2.45) is 0 Å². The smallest absolute Gasteiger partial charge is 0.416 e. The third kappa shape index (κ3) is 4.59. The minimum absolute atomic E-state index is 0.208. The number of carbonyl (C=O) groups excluding carboxylic acids is 2. The molecule has 2 aromatic rings. The highest BCUT2D eigenvalue weighted by Crippen LogP contribution is 2.19. The van der Waals surface area contributed by atoms with E-state index >= 15 is 0 Å². The summed E-state index contributed by atoms with van der Waals surface area (Å²) in [6.45, 7) is 0.683. The summed E-state index contributed by atoms with van der Waals surface area (Å²) in [6, 6.07) is 19.0. The molecule has 0 N–H and O–H groups in total. The van der Waals surface area contributed by atoms with Crippen molar-refractivity contribution in [1.29, 1.82) is 0 Å². The highest BCUT2D eigenvalue weighted by atomic mass is 16.6. The number of hydrogen-bond donors (Lipinski definition) is 0. The summed E-state index contributed by atoms with van der Waals surface area (Å²) >= 11 is 0. The zero-order valence-electron chi connectivity index (χ0n) is 14.0. The lowest BCUT2D eigenvalue weighted by atomic mass is 10.1. The Morgan fingerprint density at radius 1 is 1.08 bits per heavy atom. The van der Waals surface area contributed by atoms with E-state index in [0.717, 1.165) is 11.3 Å². The zero-order valence-corrected chi connectivity index (χ0v) is 14.0. The van der Waals surface area contributed by atoms with Gasteiger partial charge in [-0.15, -0.1) is 0 Å². The Kier molecular flexibility index (Phi) is 5.67. The molecule has 1 atom stereocenters. The molecule has 0 bridgehead atoms. The van der Waals surface area contributed by atoms with Crippen molar-refractivity contribution in [2.45, 2.75) is 25.3 Å². The lowest BCUT2D eigenvalue weighted by Gasteiger charge is -2.19. The largest absolute Gasteiger partial charge is 0.494 e. The van der Waals surface area contributed by atoms with Crippen molar-refractivity contribution in [3.63, 3.8) is 0 Å². The van der Waals surface area contributed by atoms with Gasteiger partial charge in [-0.2, -0.15) is 0 Å². The quantitative estimate of drug-likeness (QED) is 0.725. The summed E-state index contributed by atoms with van der Waals surface area (Å²) in [6.07, 6.45) is 0.872. The van der Waals surface area contributed by atoms with Crippen LogP contribution in [0.3, 0.4) is 0 Å². The first kappa shape index (κ1) is 17.0. The van der Waals surface area contributed by atoms with E-state index in [1.54, 1.807) is 0 Å². The normalized spacial score (nSPS) is 16.6. The Bertz CT molecular complexity index is 702. The number of ether oxygens (including phenoxy) is 2. The molecule has 0 aliphatic carbocycles. The fourth-order valence-electron chi connectivity index (χ4n) is 2.85.